The van der Waals surface area contributed by atoms with Gasteiger partial charge in [-0.25, -0.2) is 4.39 Å². The van der Waals surface area contributed by atoms with Gasteiger partial charge in [0.15, 0.2) is 0 Å². The third-order valence-electron chi connectivity index (χ3n) is 4.87. The third-order valence-corrected chi connectivity index (χ3v) is 4.87. The first kappa shape index (κ1) is 18.9. The monoisotopic (exact) mass is 371 g/mol. The molecule has 0 radical (unpaired) electrons. The van der Waals surface area contributed by atoms with E-state index >= 15 is 0 Å². The number of hydrogen-bond acceptors (Lipinski definition) is 3. The zero-order chi connectivity index (χ0) is 19.4. The quantitative estimate of drug-likeness (QED) is 0.870. The molecule has 2 atom stereocenters. The number of rotatable bonds is 5. The van der Waals surface area contributed by atoms with Crippen LogP contribution in [-0.4, -0.2) is 34.5 Å². The Kier molecular flexibility index (Phi) is 5.74. The number of piperidine rings is 1. The Balaban J connectivity index is 1.70. The smallest absolute Gasteiger partial charge is 0.308 e. The fraction of sp³-hybridized carbons (Fsp3) is 0.333. The average molecular weight is 371 g/mol. The number of halogens is 1. The van der Waals surface area contributed by atoms with Crippen LogP contribution >= 0.6 is 0 Å². The molecule has 2 aromatic rings. The van der Waals surface area contributed by atoms with Gasteiger partial charge in [-0.05, 0) is 49.6 Å². The van der Waals surface area contributed by atoms with Crippen molar-refractivity contribution >= 4 is 11.9 Å². The number of carbonyl (C=O) groups excluding carboxylic acids is 1. The summed E-state index contributed by atoms with van der Waals surface area (Å²) < 4.78 is 18.8. The van der Waals surface area contributed by atoms with Crippen molar-refractivity contribution in [1.29, 1.82) is 0 Å². The highest BCUT2D eigenvalue weighted by atomic mass is 19.1. The highest BCUT2D eigenvalue weighted by Gasteiger charge is 2.32. The summed E-state index contributed by atoms with van der Waals surface area (Å²) in [5.74, 6) is -1.52. The van der Waals surface area contributed by atoms with Crippen LogP contribution in [0.15, 0.2) is 48.5 Å². The van der Waals surface area contributed by atoms with Gasteiger partial charge in [-0.2, -0.15) is 0 Å². The summed E-state index contributed by atoms with van der Waals surface area (Å²) in [5, 5.41) is 9.26. The Labute approximate surface area is 157 Å². The molecule has 1 fully saturated rings. The summed E-state index contributed by atoms with van der Waals surface area (Å²) in [6.45, 7) is 2.37. The SMILES string of the molecule is CC1CCC(C(=O)O)CN1C(=O)c1cccc(COc2cccc(F)c2)c1. The summed E-state index contributed by atoms with van der Waals surface area (Å²) in [4.78, 5) is 25.8. The Morgan fingerprint density at radius 3 is 2.70 bits per heavy atom. The molecule has 3 rings (SSSR count). The first-order valence-corrected chi connectivity index (χ1v) is 8.95. The zero-order valence-corrected chi connectivity index (χ0v) is 15.1. The maximum absolute atomic E-state index is 13.2. The van der Waals surface area contributed by atoms with E-state index in [-0.39, 0.29) is 30.9 Å². The van der Waals surface area contributed by atoms with Gasteiger partial charge in [0.2, 0.25) is 0 Å². The summed E-state index contributed by atoms with van der Waals surface area (Å²) in [5.41, 5.74) is 1.28. The molecule has 0 aromatic heterocycles. The first-order chi connectivity index (χ1) is 12.9. The van der Waals surface area contributed by atoms with Gasteiger partial charge in [0, 0.05) is 24.2 Å². The van der Waals surface area contributed by atoms with Crippen LogP contribution in [0, 0.1) is 11.7 Å². The van der Waals surface area contributed by atoms with E-state index in [0.29, 0.717) is 24.2 Å². The second kappa shape index (κ2) is 8.20. The van der Waals surface area contributed by atoms with Crippen LogP contribution in [0.1, 0.15) is 35.7 Å². The molecule has 27 heavy (non-hydrogen) atoms. The van der Waals surface area contributed by atoms with Gasteiger partial charge in [0.25, 0.3) is 5.91 Å². The molecule has 0 bridgehead atoms. The number of carboxylic acid groups (broad SMARTS) is 1. The van der Waals surface area contributed by atoms with Gasteiger partial charge in [0.1, 0.15) is 18.2 Å². The molecule has 0 spiro atoms. The molecule has 2 aromatic carbocycles. The van der Waals surface area contributed by atoms with E-state index in [1.54, 1.807) is 35.2 Å². The molecule has 0 saturated carbocycles. The van der Waals surface area contributed by atoms with Crippen LogP contribution in [0.25, 0.3) is 0 Å². The number of likely N-dealkylation sites (tertiary alicyclic amines) is 1. The Hall–Kier alpha value is -2.89. The number of carboxylic acids is 1. The fourth-order valence-corrected chi connectivity index (χ4v) is 3.27. The van der Waals surface area contributed by atoms with Crippen molar-refractivity contribution in [2.24, 2.45) is 5.92 Å². The van der Waals surface area contributed by atoms with Crippen molar-refractivity contribution < 1.29 is 23.8 Å². The predicted octanol–water partition coefficient (Wildman–Crippen LogP) is 3.73. The number of benzene rings is 2. The molecule has 1 N–H and O–H groups in total. The van der Waals surface area contributed by atoms with Crippen LogP contribution in [0.3, 0.4) is 0 Å². The lowest BCUT2D eigenvalue weighted by Gasteiger charge is -2.36. The number of hydrogen-bond donors (Lipinski definition) is 1. The van der Waals surface area contributed by atoms with Gasteiger partial charge >= 0.3 is 5.97 Å². The lowest BCUT2D eigenvalue weighted by molar-refractivity contribution is -0.143. The maximum Gasteiger partial charge on any atom is 0.308 e. The number of carbonyl (C=O) groups is 2. The van der Waals surface area contributed by atoms with E-state index in [0.717, 1.165) is 5.56 Å². The molecule has 2 unspecified atom stereocenters. The highest BCUT2D eigenvalue weighted by molar-refractivity contribution is 5.95. The average Bonchev–Trinajstić information content (AvgIpc) is 2.66. The number of aliphatic carboxylic acids is 1. The van der Waals surface area contributed by atoms with E-state index in [1.807, 2.05) is 13.0 Å². The number of amides is 1. The second-order valence-electron chi connectivity index (χ2n) is 6.87. The summed E-state index contributed by atoms with van der Waals surface area (Å²) in [6.07, 6.45) is 1.26. The van der Waals surface area contributed by atoms with Crippen LogP contribution in [0.4, 0.5) is 4.39 Å². The molecule has 1 aliphatic rings. The second-order valence-corrected chi connectivity index (χ2v) is 6.87. The summed E-state index contributed by atoms with van der Waals surface area (Å²) in [6, 6.07) is 12.9. The predicted molar refractivity (Wildman–Crippen MR) is 98.0 cm³/mol. The fourth-order valence-electron chi connectivity index (χ4n) is 3.27. The lowest BCUT2D eigenvalue weighted by atomic mass is 9.93. The lowest BCUT2D eigenvalue weighted by Crippen LogP contribution is -2.47. The van der Waals surface area contributed by atoms with E-state index < -0.39 is 11.9 Å². The molecule has 6 heteroatoms. The number of nitrogens with zero attached hydrogens (tertiary/aromatic N) is 1. The van der Waals surface area contributed by atoms with Gasteiger partial charge in [-0.1, -0.05) is 18.2 Å². The highest BCUT2D eigenvalue weighted by Crippen LogP contribution is 2.24. The Bertz CT molecular complexity index is 838. The van der Waals surface area contributed by atoms with Crippen molar-refractivity contribution in [1.82, 2.24) is 4.90 Å². The van der Waals surface area contributed by atoms with Crippen molar-refractivity contribution in [2.45, 2.75) is 32.4 Å². The molecular formula is C21H22FNO4. The summed E-state index contributed by atoms with van der Waals surface area (Å²) in [7, 11) is 0. The molecule has 0 aliphatic carbocycles. The topological polar surface area (TPSA) is 66.8 Å². The molecular weight excluding hydrogens is 349 g/mol. The Morgan fingerprint density at radius 1 is 1.19 bits per heavy atom. The Morgan fingerprint density at radius 2 is 1.96 bits per heavy atom. The van der Waals surface area contributed by atoms with Crippen molar-refractivity contribution in [3.63, 3.8) is 0 Å². The van der Waals surface area contributed by atoms with Gasteiger partial charge in [-0.15, -0.1) is 0 Å². The molecule has 1 heterocycles. The van der Waals surface area contributed by atoms with Crippen LogP contribution in [0.2, 0.25) is 0 Å². The molecule has 142 valence electrons. The van der Waals surface area contributed by atoms with Crippen LogP contribution in [0.5, 0.6) is 5.75 Å². The minimum absolute atomic E-state index is 0.000278. The number of ether oxygens (including phenoxy) is 1. The van der Waals surface area contributed by atoms with Crippen molar-refractivity contribution in [3.8, 4) is 5.75 Å². The molecule has 1 aliphatic heterocycles. The van der Waals surface area contributed by atoms with Crippen LogP contribution < -0.4 is 4.74 Å². The minimum Gasteiger partial charge on any atom is -0.489 e. The standard InChI is InChI=1S/C21H22FNO4/c1-14-8-9-17(21(25)26)12-23(14)20(24)16-5-2-4-15(10-16)13-27-19-7-3-6-18(22)11-19/h2-7,10-11,14,17H,8-9,12-13H2,1H3,(H,25,26). The van der Waals surface area contributed by atoms with Crippen molar-refractivity contribution in [2.75, 3.05) is 6.54 Å². The van der Waals surface area contributed by atoms with Crippen LogP contribution in [-0.2, 0) is 11.4 Å². The van der Waals surface area contributed by atoms with E-state index in [2.05, 4.69) is 0 Å². The van der Waals surface area contributed by atoms with E-state index in [9.17, 15) is 19.1 Å². The minimum atomic E-state index is -0.864. The van der Waals surface area contributed by atoms with E-state index in [1.165, 1.54) is 12.1 Å². The maximum atomic E-state index is 13.2. The third kappa shape index (κ3) is 4.64. The van der Waals surface area contributed by atoms with E-state index in [4.69, 9.17) is 4.74 Å². The van der Waals surface area contributed by atoms with Gasteiger partial charge in [0.05, 0.1) is 5.92 Å². The molecule has 1 saturated heterocycles. The first-order valence-electron chi connectivity index (χ1n) is 8.95. The zero-order valence-electron chi connectivity index (χ0n) is 15.1. The largest absolute Gasteiger partial charge is 0.489 e. The normalized spacial score (nSPS) is 19.6. The van der Waals surface area contributed by atoms with Gasteiger partial charge in [-0.3, -0.25) is 9.59 Å². The summed E-state index contributed by atoms with van der Waals surface area (Å²) >= 11 is 0. The molecule has 1 amide bonds. The van der Waals surface area contributed by atoms with Crippen molar-refractivity contribution in [3.05, 3.63) is 65.5 Å². The van der Waals surface area contributed by atoms with Gasteiger partial charge < -0.3 is 14.7 Å². The molecule has 5 nitrogen and oxygen atoms in total.